The van der Waals surface area contributed by atoms with Crippen LogP contribution in [0.5, 0.6) is 0 Å². The van der Waals surface area contributed by atoms with Crippen molar-refractivity contribution in [2.45, 2.75) is 25.2 Å². The van der Waals surface area contributed by atoms with Crippen molar-refractivity contribution in [1.29, 1.82) is 0 Å². The summed E-state index contributed by atoms with van der Waals surface area (Å²) in [5.41, 5.74) is 6.16. The molecule has 1 aliphatic heterocycles. The van der Waals surface area contributed by atoms with Crippen LogP contribution in [-0.4, -0.2) is 36.4 Å². The zero-order valence-electron chi connectivity index (χ0n) is 9.89. The lowest BCUT2D eigenvalue weighted by Crippen LogP contribution is -2.45. The summed E-state index contributed by atoms with van der Waals surface area (Å²) in [6.45, 7) is 2.12. The van der Waals surface area contributed by atoms with Gasteiger partial charge in [-0.1, -0.05) is 0 Å². The smallest absolute Gasteiger partial charge is 0.151 e. The van der Waals surface area contributed by atoms with E-state index in [1.807, 2.05) is 0 Å². The van der Waals surface area contributed by atoms with Crippen LogP contribution in [0.25, 0.3) is 0 Å². The second kappa shape index (κ2) is 4.34. The van der Waals surface area contributed by atoms with Crippen LogP contribution >= 0.6 is 0 Å². The molecule has 17 heavy (non-hydrogen) atoms. The van der Waals surface area contributed by atoms with E-state index in [2.05, 4.69) is 9.97 Å². The van der Waals surface area contributed by atoms with E-state index in [4.69, 9.17) is 5.73 Å². The van der Waals surface area contributed by atoms with E-state index in [1.54, 1.807) is 19.3 Å². The molecule has 0 spiro atoms. The van der Waals surface area contributed by atoms with E-state index >= 15 is 0 Å². The zero-order valence-corrected chi connectivity index (χ0v) is 10.7. The van der Waals surface area contributed by atoms with Crippen LogP contribution in [0.3, 0.4) is 0 Å². The molecule has 1 aromatic heterocycles. The SMILES string of the molecule is Cc1ncc(C2(CN)CCCS(=O)(=O)C2)cn1. The largest absolute Gasteiger partial charge is 0.330 e. The van der Waals surface area contributed by atoms with Gasteiger partial charge in [-0.2, -0.15) is 0 Å². The number of sulfone groups is 1. The summed E-state index contributed by atoms with van der Waals surface area (Å²) in [5, 5.41) is 0. The average molecular weight is 255 g/mol. The molecule has 5 nitrogen and oxygen atoms in total. The molecular formula is C11H17N3O2S. The molecule has 0 amide bonds. The molecule has 1 fully saturated rings. The van der Waals surface area contributed by atoms with Crippen molar-refractivity contribution in [3.8, 4) is 0 Å². The molecule has 1 saturated heterocycles. The lowest BCUT2D eigenvalue weighted by molar-refractivity contribution is 0.415. The van der Waals surface area contributed by atoms with E-state index < -0.39 is 15.3 Å². The summed E-state index contributed by atoms with van der Waals surface area (Å²) in [7, 11) is -3.00. The summed E-state index contributed by atoms with van der Waals surface area (Å²) in [6.07, 6.45) is 4.86. The highest BCUT2D eigenvalue weighted by Crippen LogP contribution is 2.33. The molecule has 1 aromatic rings. The van der Waals surface area contributed by atoms with Gasteiger partial charge in [-0.25, -0.2) is 18.4 Å². The van der Waals surface area contributed by atoms with Crippen LogP contribution in [-0.2, 0) is 15.3 Å². The van der Waals surface area contributed by atoms with Crippen molar-refractivity contribution >= 4 is 9.84 Å². The van der Waals surface area contributed by atoms with Crippen LogP contribution in [0, 0.1) is 6.92 Å². The van der Waals surface area contributed by atoms with Crippen molar-refractivity contribution in [2.75, 3.05) is 18.1 Å². The average Bonchev–Trinajstić information content (AvgIpc) is 2.28. The minimum absolute atomic E-state index is 0.114. The molecule has 0 saturated carbocycles. The van der Waals surface area contributed by atoms with Crippen LogP contribution in [0.15, 0.2) is 12.4 Å². The fourth-order valence-electron chi connectivity index (χ4n) is 2.37. The molecule has 2 rings (SSSR count). The summed E-state index contributed by atoms with van der Waals surface area (Å²) < 4.78 is 23.5. The highest BCUT2D eigenvalue weighted by Gasteiger charge is 2.39. The fraction of sp³-hybridized carbons (Fsp3) is 0.636. The van der Waals surface area contributed by atoms with Crippen molar-refractivity contribution in [2.24, 2.45) is 5.73 Å². The fourth-order valence-corrected chi connectivity index (χ4v) is 4.37. The highest BCUT2D eigenvalue weighted by atomic mass is 32.2. The Morgan fingerprint density at radius 1 is 1.41 bits per heavy atom. The Morgan fingerprint density at radius 2 is 2.06 bits per heavy atom. The second-order valence-corrected chi connectivity index (χ2v) is 6.88. The summed E-state index contributed by atoms with van der Waals surface area (Å²) in [5.74, 6) is 1.06. The van der Waals surface area contributed by atoms with Gasteiger partial charge in [0.15, 0.2) is 9.84 Å². The lowest BCUT2D eigenvalue weighted by atomic mass is 9.79. The van der Waals surface area contributed by atoms with Gasteiger partial charge in [0, 0.05) is 24.4 Å². The van der Waals surface area contributed by atoms with Crippen LogP contribution in [0.4, 0.5) is 0 Å². The molecule has 94 valence electrons. The number of hydrogen-bond donors (Lipinski definition) is 1. The van der Waals surface area contributed by atoms with Crippen molar-refractivity contribution in [3.63, 3.8) is 0 Å². The van der Waals surface area contributed by atoms with E-state index in [9.17, 15) is 8.42 Å². The highest BCUT2D eigenvalue weighted by molar-refractivity contribution is 7.91. The van der Waals surface area contributed by atoms with Gasteiger partial charge in [0.25, 0.3) is 0 Å². The number of aromatic nitrogens is 2. The van der Waals surface area contributed by atoms with Gasteiger partial charge in [0.1, 0.15) is 5.82 Å². The third-order valence-electron chi connectivity index (χ3n) is 3.39. The summed E-state index contributed by atoms with van der Waals surface area (Å²) in [4.78, 5) is 8.27. The molecule has 1 aliphatic rings. The Balaban J connectivity index is 2.40. The monoisotopic (exact) mass is 255 g/mol. The maximum Gasteiger partial charge on any atom is 0.151 e. The first kappa shape index (κ1) is 12.4. The van der Waals surface area contributed by atoms with Gasteiger partial charge in [0.05, 0.1) is 11.5 Å². The van der Waals surface area contributed by atoms with Gasteiger partial charge in [0.2, 0.25) is 0 Å². The van der Waals surface area contributed by atoms with Gasteiger partial charge in [-0.05, 0) is 25.3 Å². The first-order valence-corrected chi connectivity index (χ1v) is 7.49. The Hall–Kier alpha value is -1.01. The number of rotatable bonds is 2. The van der Waals surface area contributed by atoms with Crippen LogP contribution in [0.2, 0.25) is 0 Å². The molecule has 1 atom stereocenters. The molecule has 1 unspecified atom stereocenters. The number of nitrogens with zero attached hydrogens (tertiary/aromatic N) is 2. The molecule has 0 aromatic carbocycles. The summed E-state index contributed by atoms with van der Waals surface area (Å²) in [6, 6.07) is 0. The molecule has 6 heteroatoms. The topological polar surface area (TPSA) is 85.9 Å². The third kappa shape index (κ3) is 2.47. The number of aryl methyl sites for hydroxylation is 1. The first-order valence-electron chi connectivity index (χ1n) is 5.67. The van der Waals surface area contributed by atoms with E-state index in [0.29, 0.717) is 18.8 Å². The van der Waals surface area contributed by atoms with Gasteiger partial charge in [-0.3, -0.25) is 0 Å². The predicted molar refractivity (Wildman–Crippen MR) is 65.4 cm³/mol. The van der Waals surface area contributed by atoms with Crippen LogP contribution in [0.1, 0.15) is 24.2 Å². The van der Waals surface area contributed by atoms with Crippen LogP contribution < -0.4 is 5.73 Å². The van der Waals surface area contributed by atoms with Crippen molar-refractivity contribution < 1.29 is 8.42 Å². The molecule has 0 radical (unpaired) electrons. The zero-order chi connectivity index (χ0) is 12.5. The molecule has 0 bridgehead atoms. The minimum atomic E-state index is -3.00. The Bertz CT molecular complexity index is 498. The Labute approximate surface area is 101 Å². The molecule has 2 heterocycles. The van der Waals surface area contributed by atoms with Crippen molar-refractivity contribution in [1.82, 2.24) is 9.97 Å². The minimum Gasteiger partial charge on any atom is -0.330 e. The molecule has 0 aliphatic carbocycles. The van der Waals surface area contributed by atoms with E-state index in [0.717, 1.165) is 12.0 Å². The Kier molecular flexibility index (Phi) is 3.18. The third-order valence-corrected chi connectivity index (χ3v) is 5.29. The predicted octanol–water partition coefficient (Wildman–Crippen LogP) is 0.190. The van der Waals surface area contributed by atoms with E-state index in [1.165, 1.54) is 0 Å². The second-order valence-electron chi connectivity index (χ2n) is 4.70. The van der Waals surface area contributed by atoms with E-state index in [-0.39, 0.29) is 11.5 Å². The Morgan fingerprint density at radius 3 is 2.59 bits per heavy atom. The summed E-state index contributed by atoms with van der Waals surface area (Å²) >= 11 is 0. The van der Waals surface area contributed by atoms with Crippen molar-refractivity contribution in [3.05, 3.63) is 23.8 Å². The first-order chi connectivity index (χ1) is 7.97. The maximum absolute atomic E-state index is 11.8. The maximum atomic E-state index is 11.8. The number of nitrogens with two attached hydrogens (primary N) is 1. The molecule has 2 N–H and O–H groups in total. The standard InChI is InChI=1S/C11H17N3O2S/c1-9-13-5-10(6-14-9)11(7-12)3-2-4-17(15,16)8-11/h5-6H,2-4,7-8,12H2,1H3. The normalized spacial score (nSPS) is 27.9. The van der Waals surface area contributed by atoms with Gasteiger partial charge in [-0.15, -0.1) is 0 Å². The molecular weight excluding hydrogens is 238 g/mol. The lowest BCUT2D eigenvalue weighted by Gasteiger charge is -2.35. The van der Waals surface area contributed by atoms with Gasteiger partial charge < -0.3 is 5.73 Å². The van der Waals surface area contributed by atoms with Gasteiger partial charge >= 0.3 is 0 Å². The quantitative estimate of drug-likeness (QED) is 0.815. The number of hydrogen-bond acceptors (Lipinski definition) is 5.